The Hall–Kier alpha value is -3.16. The molecule has 0 saturated heterocycles. The molecule has 0 bridgehead atoms. The molecule has 0 saturated carbocycles. The number of H-pyrrole nitrogens is 1. The van der Waals surface area contributed by atoms with Crippen molar-refractivity contribution in [2.45, 2.75) is 45.6 Å². The van der Waals surface area contributed by atoms with Crippen molar-refractivity contribution in [3.8, 4) is 23.0 Å². The Kier molecular flexibility index (Phi) is 3.53. The maximum absolute atomic E-state index is 12.1. The molecule has 3 aromatic heterocycles. The third-order valence-corrected chi connectivity index (χ3v) is 5.07. The van der Waals surface area contributed by atoms with Crippen molar-refractivity contribution in [3.05, 3.63) is 40.0 Å². The van der Waals surface area contributed by atoms with Crippen LogP contribution in [0.3, 0.4) is 0 Å². The molecule has 0 spiro atoms. The lowest BCUT2D eigenvalue weighted by Gasteiger charge is -2.09. The first-order chi connectivity index (χ1) is 13.1. The molecule has 1 aliphatic carbocycles. The van der Waals surface area contributed by atoms with Gasteiger partial charge in [0.15, 0.2) is 11.3 Å². The maximum atomic E-state index is 12.1. The SMILES string of the molecule is CC(C)n1c(=O)oc2cc(-c3noc(-c4n[nH]c5c4CCCC5)n3)ccc21. The fourth-order valence-electron chi connectivity index (χ4n) is 3.76. The summed E-state index contributed by atoms with van der Waals surface area (Å²) in [6, 6.07) is 5.50. The summed E-state index contributed by atoms with van der Waals surface area (Å²) < 4.78 is 12.5. The minimum atomic E-state index is -0.367. The molecule has 0 fully saturated rings. The van der Waals surface area contributed by atoms with Gasteiger partial charge >= 0.3 is 5.76 Å². The Labute approximate surface area is 154 Å². The molecule has 0 unspecified atom stereocenters. The van der Waals surface area contributed by atoms with E-state index in [1.807, 2.05) is 26.0 Å². The predicted molar refractivity (Wildman–Crippen MR) is 98.4 cm³/mol. The number of aromatic nitrogens is 5. The smallest absolute Gasteiger partial charge is 0.408 e. The summed E-state index contributed by atoms with van der Waals surface area (Å²) in [5.74, 6) is 0.485. The van der Waals surface area contributed by atoms with Crippen molar-refractivity contribution < 1.29 is 8.94 Å². The Balaban J connectivity index is 1.55. The predicted octanol–water partition coefficient (Wildman–Crippen LogP) is 3.49. The van der Waals surface area contributed by atoms with Gasteiger partial charge in [0.25, 0.3) is 5.89 Å². The summed E-state index contributed by atoms with van der Waals surface area (Å²) in [6.45, 7) is 3.89. The van der Waals surface area contributed by atoms with Gasteiger partial charge in [0.1, 0.15) is 0 Å². The molecule has 0 amide bonds. The quantitative estimate of drug-likeness (QED) is 0.596. The second kappa shape index (κ2) is 5.94. The van der Waals surface area contributed by atoms with Gasteiger partial charge in [-0.25, -0.2) is 4.79 Å². The summed E-state index contributed by atoms with van der Waals surface area (Å²) in [4.78, 5) is 16.6. The molecule has 1 N–H and O–H groups in total. The summed E-state index contributed by atoms with van der Waals surface area (Å²) in [5, 5.41) is 11.6. The topological polar surface area (TPSA) is 103 Å². The van der Waals surface area contributed by atoms with E-state index in [0.717, 1.165) is 41.7 Å². The number of rotatable bonds is 3. The molecule has 8 heteroatoms. The van der Waals surface area contributed by atoms with Crippen molar-refractivity contribution >= 4 is 11.1 Å². The van der Waals surface area contributed by atoms with Gasteiger partial charge in [-0.3, -0.25) is 9.67 Å². The first-order valence-corrected chi connectivity index (χ1v) is 9.17. The first-order valence-electron chi connectivity index (χ1n) is 9.17. The number of nitrogens with zero attached hydrogens (tertiary/aromatic N) is 4. The van der Waals surface area contributed by atoms with Gasteiger partial charge < -0.3 is 8.94 Å². The second-order valence-electron chi connectivity index (χ2n) is 7.17. The lowest BCUT2D eigenvalue weighted by atomic mass is 9.96. The van der Waals surface area contributed by atoms with Crippen LogP contribution in [0.25, 0.3) is 34.1 Å². The highest BCUT2D eigenvalue weighted by Gasteiger charge is 2.23. The number of fused-ring (bicyclic) bond motifs is 2. The van der Waals surface area contributed by atoms with E-state index in [0.29, 0.717) is 17.3 Å². The number of benzene rings is 1. The van der Waals surface area contributed by atoms with Crippen molar-refractivity contribution in [3.63, 3.8) is 0 Å². The van der Waals surface area contributed by atoms with Crippen LogP contribution in [0.15, 0.2) is 31.9 Å². The molecule has 138 valence electrons. The van der Waals surface area contributed by atoms with Crippen LogP contribution in [0.2, 0.25) is 0 Å². The molecule has 1 aliphatic rings. The lowest BCUT2D eigenvalue weighted by molar-refractivity contribution is 0.430. The minimum absolute atomic E-state index is 0.0206. The third kappa shape index (κ3) is 2.51. The third-order valence-electron chi connectivity index (χ3n) is 5.07. The number of hydrogen-bond donors (Lipinski definition) is 1. The number of aryl methyl sites for hydroxylation is 1. The van der Waals surface area contributed by atoms with Crippen LogP contribution in [0.1, 0.15) is 44.0 Å². The molecule has 4 aromatic rings. The Bertz CT molecular complexity index is 1190. The molecule has 0 aliphatic heterocycles. The largest absolute Gasteiger partial charge is 0.420 e. The standard InChI is InChI=1S/C19H19N5O3/c1-10(2)24-14-8-7-11(9-15(14)26-19(24)25)17-20-18(27-23-17)16-12-5-3-4-6-13(12)21-22-16/h7-10H,3-6H2,1-2H3,(H,21,22). The highest BCUT2D eigenvalue weighted by Crippen LogP contribution is 2.30. The Morgan fingerprint density at radius 2 is 2.07 bits per heavy atom. The summed E-state index contributed by atoms with van der Waals surface area (Å²) in [6.07, 6.45) is 4.29. The summed E-state index contributed by atoms with van der Waals surface area (Å²) in [5.41, 5.74) is 5.06. The van der Waals surface area contributed by atoms with E-state index < -0.39 is 0 Å². The molecule has 0 atom stereocenters. The molecule has 1 aromatic carbocycles. The van der Waals surface area contributed by atoms with Gasteiger partial charge in [0.05, 0.1) is 5.52 Å². The molecule has 3 heterocycles. The van der Waals surface area contributed by atoms with Crippen LogP contribution in [0.4, 0.5) is 0 Å². The minimum Gasteiger partial charge on any atom is -0.408 e. The lowest BCUT2D eigenvalue weighted by Crippen LogP contribution is -2.15. The van der Waals surface area contributed by atoms with E-state index in [-0.39, 0.29) is 11.8 Å². The molecule has 5 rings (SSSR count). The molecule has 0 radical (unpaired) electrons. The summed E-state index contributed by atoms with van der Waals surface area (Å²) in [7, 11) is 0. The van der Waals surface area contributed by atoms with Crippen molar-refractivity contribution in [2.24, 2.45) is 0 Å². The number of aromatic amines is 1. The second-order valence-corrected chi connectivity index (χ2v) is 7.17. The fourth-order valence-corrected chi connectivity index (χ4v) is 3.76. The average Bonchev–Trinajstić information content (AvgIpc) is 3.36. The first kappa shape index (κ1) is 16.0. The van der Waals surface area contributed by atoms with Gasteiger partial charge in [0, 0.05) is 22.9 Å². The zero-order valence-corrected chi connectivity index (χ0v) is 15.2. The zero-order chi connectivity index (χ0) is 18.5. The number of oxazole rings is 1. The monoisotopic (exact) mass is 365 g/mol. The van der Waals surface area contributed by atoms with Gasteiger partial charge in [-0.05, 0) is 57.7 Å². The van der Waals surface area contributed by atoms with Crippen LogP contribution < -0.4 is 5.76 Å². The van der Waals surface area contributed by atoms with Crippen LogP contribution in [0.5, 0.6) is 0 Å². The highest BCUT2D eigenvalue weighted by atomic mass is 16.5. The number of nitrogens with one attached hydrogen (secondary N) is 1. The number of hydrogen-bond acceptors (Lipinski definition) is 6. The van der Waals surface area contributed by atoms with Crippen LogP contribution in [0, 0.1) is 0 Å². The zero-order valence-electron chi connectivity index (χ0n) is 15.2. The van der Waals surface area contributed by atoms with Crippen LogP contribution in [-0.4, -0.2) is 24.9 Å². The van der Waals surface area contributed by atoms with Gasteiger partial charge in [0.2, 0.25) is 5.82 Å². The molecular weight excluding hydrogens is 346 g/mol. The highest BCUT2D eigenvalue weighted by molar-refractivity contribution is 5.79. The van der Waals surface area contributed by atoms with Gasteiger partial charge in [-0.15, -0.1) is 0 Å². The van der Waals surface area contributed by atoms with Gasteiger partial charge in [-0.1, -0.05) is 5.16 Å². The van der Waals surface area contributed by atoms with Crippen molar-refractivity contribution in [1.29, 1.82) is 0 Å². The Morgan fingerprint density at radius 3 is 2.93 bits per heavy atom. The van der Waals surface area contributed by atoms with E-state index in [1.54, 1.807) is 10.6 Å². The van der Waals surface area contributed by atoms with E-state index in [4.69, 9.17) is 8.94 Å². The normalized spacial score (nSPS) is 14.2. The Morgan fingerprint density at radius 1 is 1.22 bits per heavy atom. The van der Waals surface area contributed by atoms with E-state index in [2.05, 4.69) is 20.3 Å². The van der Waals surface area contributed by atoms with Crippen LogP contribution in [-0.2, 0) is 12.8 Å². The van der Waals surface area contributed by atoms with Crippen molar-refractivity contribution in [1.82, 2.24) is 24.9 Å². The summed E-state index contributed by atoms with van der Waals surface area (Å²) >= 11 is 0. The van der Waals surface area contributed by atoms with Crippen LogP contribution >= 0.6 is 0 Å². The molecule has 27 heavy (non-hydrogen) atoms. The maximum Gasteiger partial charge on any atom is 0.420 e. The van der Waals surface area contributed by atoms with E-state index in [1.165, 1.54) is 12.0 Å². The average molecular weight is 365 g/mol. The molecular formula is C19H19N5O3. The fraction of sp³-hybridized carbons (Fsp3) is 0.368. The van der Waals surface area contributed by atoms with E-state index >= 15 is 0 Å². The van der Waals surface area contributed by atoms with E-state index in [9.17, 15) is 4.79 Å². The molecule has 8 nitrogen and oxygen atoms in total. The van der Waals surface area contributed by atoms with Gasteiger partial charge in [-0.2, -0.15) is 10.1 Å². The van der Waals surface area contributed by atoms with Crippen molar-refractivity contribution in [2.75, 3.05) is 0 Å².